The van der Waals surface area contributed by atoms with Crippen LogP contribution in [0.15, 0.2) is 33.5 Å². The molecule has 0 aliphatic rings. The molecular formula is C12H14BrN3O. The second-order valence-corrected chi connectivity index (χ2v) is 4.75. The SMILES string of the molecule is CCc1c(N)c(=O)n(-c2cccc(Br)c2)n1C. The topological polar surface area (TPSA) is 53.0 Å². The number of benzene rings is 1. The summed E-state index contributed by atoms with van der Waals surface area (Å²) in [6.07, 6.45) is 0.735. The van der Waals surface area contributed by atoms with Gasteiger partial charge in [0.1, 0.15) is 5.69 Å². The Morgan fingerprint density at radius 1 is 1.41 bits per heavy atom. The number of hydrogen-bond acceptors (Lipinski definition) is 2. The first-order valence-electron chi connectivity index (χ1n) is 5.38. The van der Waals surface area contributed by atoms with Gasteiger partial charge in [0.2, 0.25) is 0 Å². The van der Waals surface area contributed by atoms with Crippen LogP contribution >= 0.6 is 15.9 Å². The van der Waals surface area contributed by atoms with Crippen LogP contribution in [0.1, 0.15) is 12.6 Å². The first-order valence-corrected chi connectivity index (χ1v) is 6.17. The molecule has 0 amide bonds. The van der Waals surface area contributed by atoms with Crippen molar-refractivity contribution in [3.63, 3.8) is 0 Å². The van der Waals surface area contributed by atoms with Gasteiger partial charge >= 0.3 is 0 Å². The van der Waals surface area contributed by atoms with Crippen molar-refractivity contribution >= 4 is 21.6 Å². The third-order valence-electron chi connectivity index (χ3n) is 2.81. The molecule has 0 fully saturated rings. The quantitative estimate of drug-likeness (QED) is 0.922. The highest BCUT2D eigenvalue weighted by atomic mass is 79.9. The fraction of sp³-hybridized carbons (Fsp3) is 0.250. The lowest BCUT2D eigenvalue weighted by atomic mass is 10.3. The van der Waals surface area contributed by atoms with Crippen molar-refractivity contribution in [2.75, 3.05) is 5.73 Å². The molecule has 2 rings (SSSR count). The lowest BCUT2D eigenvalue weighted by Crippen LogP contribution is -2.20. The van der Waals surface area contributed by atoms with E-state index < -0.39 is 0 Å². The van der Waals surface area contributed by atoms with Crippen LogP contribution in [0.3, 0.4) is 0 Å². The number of nitrogens with zero attached hydrogens (tertiary/aromatic N) is 2. The van der Waals surface area contributed by atoms with Crippen molar-refractivity contribution in [1.82, 2.24) is 9.36 Å². The van der Waals surface area contributed by atoms with Crippen LogP contribution in [0, 0.1) is 0 Å². The fourth-order valence-corrected chi connectivity index (χ4v) is 2.37. The zero-order chi connectivity index (χ0) is 12.6. The van der Waals surface area contributed by atoms with E-state index in [2.05, 4.69) is 15.9 Å². The van der Waals surface area contributed by atoms with Gasteiger partial charge in [-0.1, -0.05) is 28.9 Å². The van der Waals surface area contributed by atoms with Crippen molar-refractivity contribution in [3.05, 3.63) is 44.8 Å². The molecule has 2 N–H and O–H groups in total. The van der Waals surface area contributed by atoms with Gasteiger partial charge < -0.3 is 5.73 Å². The van der Waals surface area contributed by atoms with Gasteiger partial charge in [-0.2, -0.15) is 0 Å². The number of aromatic nitrogens is 2. The molecule has 0 radical (unpaired) electrons. The summed E-state index contributed by atoms with van der Waals surface area (Å²) < 4.78 is 4.32. The summed E-state index contributed by atoms with van der Waals surface area (Å²) in [4.78, 5) is 12.1. The van der Waals surface area contributed by atoms with Crippen molar-refractivity contribution < 1.29 is 0 Å². The van der Waals surface area contributed by atoms with Gasteiger partial charge in [0.25, 0.3) is 5.56 Å². The molecular weight excluding hydrogens is 282 g/mol. The Balaban J connectivity index is 2.72. The summed E-state index contributed by atoms with van der Waals surface area (Å²) in [7, 11) is 1.84. The average molecular weight is 296 g/mol. The molecule has 0 atom stereocenters. The third-order valence-corrected chi connectivity index (χ3v) is 3.31. The number of rotatable bonds is 2. The lowest BCUT2D eigenvalue weighted by molar-refractivity contribution is 0.618. The van der Waals surface area contributed by atoms with Crippen molar-refractivity contribution in [1.29, 1.82) is 0 Å². The zero-order valence-corrected chi connectivity index (χ0v) is 11.4. The molecule has 5 heteroatoms. The zero-order valence-electron chi connectivity index (χ0n) is 9.77. The Hall–Kier alpha value is -1.49. The molecule has 17 heavy (non-hydrogen) atoms. The van der Waals surface area contributed by atoms with E-state index in [4.69, 9.17) is 5.73 Å². The maximum atomic E-state index is 12.1. The Labute approximate surface area is 108 Å². The molecule has 0 aliphatic heterocycles. The highest BCUT2D eigenvalue weighted by molar-refractivity contribution is 9.10. The average Bonchev–Trinajstić information content (AvgIpc) is 2.50. The van der Waals surface area contributed by atoms with Crippen LogP contribution in [-0.2, 0) is 13.5 Å². The molecule has 1 aromatic carbocycles. The predicted octanol–water partition coefficient (Wildman–Crippen LogP) is 2.08. The second kappa shape index (κ2) is 4.41. The summed E-state index contributed by atoms with van der Waals surface area (Å²) in [6, 6.07) is 7.58. The molecule has 0 aliphatic carbocycles. The van der Waals surface area contributed by atoms with Crippen molar-refractivity contribution in [2.24, 2.45) is 7.05 Å². The molecule has 0 saturated carbocycles. The van der Waals surface area contributed by atoms with E-state index in [9.17, 15) is 4.79 Å². The maximum absolute atomic E-state index is 12.1. The first kappa shape index (κ1) is 12.0. The van der Waals surface area contributed by atoms with E-state index >= 15 is 0 Å². The smallest absolute Gasteiger partial charge is 0.294 e. The van der Waals surface area contributed by atoms with Crippen molar-refractivity contribution in [3.8, 4) is 5.69 Å². The van der Waals surface area contributed by atoms with Gasteiger partial charge in [-0.05, 0) is 24.6 Å². The van der Waals surface area contributed by atoms with E-state index in [0.717, 1.165) is 22.3 Å². The number of nitrogen functional groups attached to an aromatic ring is 1. The van der Waals surface area contributed by atoms with Gasteiger partial charge in [0, 0.05) is 11.5 Å². The van der Waals surface area contributed by atoms with Crippen LogP contribution in [0.5, 0.6) is 0 Å². The van der Waals surface area contributed by atoms with Crippen LogP contribution in [-0.4, -0.2) is 9.36 Å². The van der Waals surface area contributed by atoms with Crippen molar-refractivity contribution in [2.45, 2.75) is 13.3 Å². The molecule has 4 nitrogen and oxygen atoms in total. The normalized spacial score (nSPS) is 10.8. The first-order chi connectivity index (χ1) is 8.06. The minimum atomic E-state index is -0.164. The van der Waals surface area contributed by atoms with Crippen LogP contribution in [0.4, 0.5) is 5.69 Å². The summed E-state index contributed by atoms with van der Waals surface area (Å²) in [6.45, 7) is 1.98. The van der Waals surface area contributed by atoms with Gasteiger partial charge in [0.05, 0.1) is 11.4 Å². The van der Waals surface area contributed by atoms with Crippen LogP contribution in [0.25, 0.3) is 5.69 Å². The Kier molecular flexibility index (Phi) is 3.11. The van der Waals surface area contributed by atoms with E-state index in [-0.39, 0.29) is 5.56 Å². The standard InChI is InChI=1S/C12H14BrN3O/c1-3-10-11(14)12(17)16(15(10)2)9-6-4-5-8(13)7-9/h4-7H,3,14H2,1-2H3. The van der Waals surface area contributed by atoms with Gasteiger partial charge in [-0.3, -0.25) is 9.48 Å². The molecule has 90 valence electrons. The van der Waals surface area contributed by atoms with Crippen LogP contribution < -0.4 is 11.3 Å². The maximum Gasteiger partial charge on any atom is 0.294 e. The van der Waals surface area contributed by atoms with Crippen LogP contribution in [0.2, 0.25) is 0 Å². The molecule has 1 heterocycles. The van der Waals surface area contributed by atoms with Gasteiger partial charge in [0.15, 0.2) is 0 Å². The monoisotopic (exact) mass is 295 g/mol. The molecule has 2 aromatic rings. The number of hydrogen-bond donors (Lipinski definition) is 1. The van der Waals surface area contributed by atoms with E-state index in [0.29, 0.717) is 5.69 Å². The fourth-order valence-electron chi connectivity index (χ4n) is 1.99. The number of halogens is 1. The summed E-state index contributed by atoms with van der Waals surface area (Å²) in [5.74, 6) is 0. The molecule has 1 aromatic heterocycles. The molecule has 0 bridgehead atoms. The largest absolute Gasteiger partial charge is 0.393 e. The minimum Gasteiger partial charge on any atom is -0.393 e. The Morgan fingerprint density at radius 3 is 2.65 bits per heavy atom. The molecule has 0 saturated heterocycles. The number of anilines is 1. The number of nitrogens with two attached hydrogens (primary N) is 1. The molecule has 0 spiro atoms. The second-order valence-electron chi connectivity index (χ2n) is 3.83. The lowest BCUT2D eigenvalue weighted by Gasteiger charge is -2.09. The predicted molar refractivity (Wildman–Crippen MR) is 72.5 cm³/mol. The van der Waals surface area contributed by atoms with E-state index in [1.54, 1.807) is 9.36 Å². The summed E-state index contributed by atoms with van der Waals surface area (Å²) in [5, 5.41) is 0. The van der Waals surface area contributed by atoms with Gasteiger partial charge in [-0.25, -0.2) is 4.68 Å². The minimum absolute atomic E-state index is 0.164. The Bertz CT molecular complexity index is 613. The third kappa shape index (κ3) is 1.91. The van der Waals surface area contributed by atoms with E-state index in [1.165, 1.54) is 0 Å². The van der Waals surface area contributed by atoms with E-state index in [1.807, 2.05) is 38.2 Å². The highest BCUT2D eigenvalue weighted by Crippen LogP contribution is 2.16. The Morgan fingerprint density at radius 2 is 2.12 bits per heavy atom. The summed E-state index contributed by atoms with van der Waals surface area (Å²) in [5.41, 5.74) is 7.65. The van der Waals surface area contributed by atoms with Gasteiger partial charge in [-0.15, -0.1) is 0 Å². The highest BCUT2D eigenvalue weighted by Gasteiger charge is 2.14. The summed E-state index contributed by atoms with van der Waals surface area (Å²) >= 11 is 3.40. The molecule has 0 unspecified atom stereocenters.